The van der Waals surface area contributed by atoms with E-state index < -0.39 is 10.0 Å². The molecule has 1 saturated heterocycles. The minimum Gasteiger partial charge on any atom is -0.508 e. The van der Waals surface area contributed by atoms with Crippen LogP contribution in [0, 0.1) is 0 Å². The van der Waals surface area contributed by atoms with Crippen molar-refractivity contribution >= 4 is 16.0 Å². The summed E-state index contributed by atoms with van der Waals surface area (Å²) in [6.45, 7) is 6.05. The first-order chi connectivity index (χ1) is 11.9. The normalized spacial score (nSPS) is 17.4. The van der Waals surface area contributed by atoms with Gasteiger partial charge in [0.15, 0.2) is 5.96 Å². The van der Waals surface area contributed by atoms with Crippen LogP contribution in [0.15, 0.2) is 29.3 Å². The zero-order valence-corrected chi connectivity index (χ0v) is 15.7. The first-order valence-electron chi connectivity index (χ1n) is 8.75. The first-order valence-corrected chi connectivity index (χ1v) is 10.4. The van der Waals surface area contributed by atoms with Crippen LogP contribution in [-0.2, 0) is 16.6 Å². The van der Waals surface area contributed by atoms with Crippen LogP contribution in [0.25, 0.3) is 0 Å². The zero-order valence-electron chi connectivity index (χ0n) is 14.9. The molecule has 1 aromatic carbocycles. The Bertz CT molecular complexity index is 666. The Morgan fingerprint density at radius 1 is 1.24 bits per heavy atom. The van der Waals surface area contributed by atoms with Crippen molar-refractivity contribution in [2.75, 3.05) is 25.4 Å². The van der Waals surface area contributed by atoms with E-state index in [1.165, 1.54) is 0 Å². The monoisotopic (exact) mass is 368 g/mol. The van der Waals surface area contributed by atoms with Gasteiger partial charge in [-0.05, 0) is 44.4 Å². The van der Waals surface area contributed by atoms with Gasteiger partial charge in [0.1, 0.15) is 5.75 Å². The maximum Gasteiger partial charge on any atom is 0.213 e. The second-order valence-electron chi connectivity index (χ2n) is 6.08. The largest absolute Gasteiger partial charge is 0.508 e. The van der Waals surface area contributed by atoms with Gasteiger partial charge in [-0.2, -0.15) is 0 Å². The number of sulfonamides is 1. The van der Waals surface area contributed by atoms with Gasteiger partial charge in [0.05, 0.1) is 12.3 Å². The number of hydrogen-bond acceptors (Lipinski definition) is 4. The molecule has 0 bridgehead atoms. The minimum atomic E-state index is -3.09. The second kappa shape index (κ2) is 9.05. The molecule has 0 amide bonds. The molecule has 0 unspecified atom stereocenters. The fourth-order valence-corrected chi connectivity index (χ4v) is 3.88. The number of phenolic OH excluding ortho intramolecular Hbond substituents is 1. The van der Waals surface area contributed by atoms with E-state index >= 15 is 0 Å². The maximum absolute atomic E-state index is 11.9. The van der Waals surface area contributed by atoms with Gasteiger partial charge in [-0.25, -0.2) is 17.7 Å². The smallest absolute Gasteiger partial charge is 0.213 e. The van der Waals surface area contributed by atoms with E-state index in [9.17, 15) is 13.5 Å². The number of nitrogens with zero attached hydrogens (tertiary/aromatic N) is 2. The minimum absolute atomic E-state index is 0.155. The third-order valence-corrected chi connectivity index (χ3v) is 6.13. The molecule has 1 aromatic rings. The molecule has 0 saturated carbocycles. The molecule has 140 valence electrons. The highest BCUT2D eigenvalue weighted by Gasteiger charge is 2.26. The molecule has 1 heterocycles. The number of aromatic hydroxyl groups is 1. The van der Waals surface area contributed by atoms with Crippen molar-refractivity contribution < 1.29 is 13.5 Å². The van der Waals surface area contributed by atoms with Crippen LogP contribution in [0.5, 0.6) is 5.75 Å². The summed E-state index contributed by atoms with van der Waals surface area (Å²) in [6, 6.07) is 7.19. The van der Waals surface area contributed by atoms with Crippen molar-refractivity contribution in [3.63, 3.8) is 0 Å². The van der Waals surface area contributed by atoms with E-state index in [0.717, 1.165) is 30.9 Å². The molecule has 0 aliphatic carbocycles. The Morgan fingerprint density at radius 3 is 2.44 bits per heavy atom. The van der Waals surface area contributed by atoms with Gasteiger partial charge in [-0.1, -0.05) is 12.1 Å². The Kier molecular flexibility index (Phi) is 7.07. The van der Waals surface area contributed by atoms with Crippen LogP contribution < -0.4 is 10.6 Å². The Hall–Kier alpha value is -1.80. The van der Waals surface area contributed by atoms with E-state index in [-0.39, 0.29) is 17.5 Å². The molecule has 1 aliphatic heterocycles. The van der Waals surface area contributed by atoms with Gasteiger partial charge in [0, 0.05) is 25.7 Å². The number of guanidine groups is 1. The lowest BCUT2D eigenvalue weighted by Gasteiger charge is -2.32. The highest BCUT2D eigenvalue weighted by Crippen LogP contribution is 2.14. The lowest BCUT2D eigenvalue weighted by molar-refractivity contribution is 0.306. The van der Waals surface area contributed by atoms with Crippen LogP contribution in [0.4, 0.5) is 0 Å². The third-order valence-electron chi connectivity index (χ3n) is 4.25. The van der Waals surface area contributed by atoms with Crippen LogP contribution in [0.3, 0.4) is 0 Å². The highest BCUT2D eigenvalue weighted by atomic mass is 32.2. The Labute approximate surface area is 150 Å². The number of aliphatic imine (C=N–C) groups is 1. The Balaban J connectivity index is 1.91. The lowest BCUT2D eigenvalue weighted by Crippen LogP contribution is -2.50. The SMILES string of the molecule is CCNC(=NCc1ccc(O)cc1)NC1CCN(S(=O)(=O)CC)CC1. The van der Waals surface area contributed by atoms with Crippen LogP contribution in [-0.4, -0.2) is 55.2 Å². The number of piperidine rings is 1. The standard InChI is InChI=1S/C17H28N4O3S/c1-3-18-17(19-13-14-5-7-16(22)8-6-14)20-15-9-11-21(12-10-15)25(23,24)4-2/h5-8,15,22H,3-4,9-13H2,1-2H3,(H2,18,19,20). The molecule has 1 aliphatic rings. The van der Waals surface area contributed by atoms with Gasteiger partial charge in [-0.3, -0.25) is 0 Å². The molecule has 1 fully saturated rings. The molecular formula is C17H28N4O3S. The number of benzene rings is 1. The molecule has 8 heteroatoms. The molecule has 0 aromatic heterocycles. The van der Waals surface area contributed by atoms with Gasteiger partial charge in [0.25, 0.3) is 0 Å². The fraction of sp³-hybridized carbons (Fsp3) is 0.588. The van der Waals surface area contributed by atoms with E-state index in [0.29, 0.717) is 19.6 Å². The van der Waals surface area contributed by atoms with E-state index in [1.807, 2.05) is 19.1 Å². The van der Waals surface area contributed by atoms with Crippen molar-refractivity contribution in [2.45, 2.75) is 39.3 Å². The molecule has 0 atom stereocenters. The molecular weight excluding hydrogens is 340 g/mol. The third kappa shape index (κ3) is 5.89. The van der Waals surface area contributed by atoms with Crippen molar-refractivity contribution in [1.29, 1.82) is 0 Å². The van der Waals surface area contributed by atoms with Crippen molar-refractivity contribution in [1.82, 2.24) is 14.9 Å². The second-order valence-corrected chi connectivity index (χ2v) is 8.34. The fourth-order valence-electron chi connectivity index (χ4n) is 2.75. The summed E-state index contributed by atoms with van der Waals surface area (Å²) in [5.74, 6) is 1.13. The topological polar surface area (TPSA) is 94.0 Å². The summed E-state index contributed by atoms with van der Waals surface area (Å²) in [5.41, 5.74) is 1.01. The van der Waals surface area contributed by atoms with Crippen molar-refractivity contribution in [3.05, 3.63) is 29.8 Å². The summed E-state index contributed by atoms with van der Waals surface area (Å²) < 4.78 is 25.4. The first kappa shape index (κ1) is 19.5. The summed E-state index contributed by atoms with van der Waals surface area (Å²) >= 11 is 0. The van der Waals surface area contributed by atoms with Gasteiger partial charge in [0.2, 0.25) is 10.0 Å². The number of hydrogen-bond donors (Lipinski definition) is 3. The predicted octanol–water partition coefficient (Wildman–Crippen LogP) is 1.26. The quantitative estimate of drug-likeness (QED) is 0.519. The van der Waals surface area contributed by atoms with E-state index in [2.05, 4.69) is 15.6 Å². The summed E-state index contributed by atoms with van der Waals surface area (Å²) in [6.07, 6.45) is 1.53. The predicted molar refractivity (Wildman–Crippen MR) is 100 cm³/mol. The number of nitrogens with one attached hydrogen (secondary N) is 2. The van der Waals surface area contributed by atoms with Crippen molar-refractivity contribution in [2.24, 2.45) is 4.99 Å². The van der Waals surface area contributed by atoms with Gasteiger partial charge >= 0.3 is 0 Å². The molecule has 25 heavy (non-hydrogen) atoms. The zero-order chi connectivity index (χ0) is 18.3. The average molecular weight is 369 g/mol. The van der Waals surface area contributed by atoms with Crippen molar-refractivity contribution in [3.8, 4) is 5.75 Å². The summed E-state index contributed by atoms with van der Waals surface area (Å²) in [4.78, 5) is 4.57. The molecule has 3 N–H and O–H groups in total. The molecule has 0 radical (unpaired) electrons. The number of phenols is 1. The van der Waals surface area contributed by atoms with Gasteiger partial charge in [-0.15, -0.1) is 0 Å². The van der Waals surface area contributed by atoms with E-state index in [1.54, 1.807) is 23.4 Å². The Morgan fingerprint density at radius 2 is 1.88 bits per heavy atom. The molecule has 0 spiro atoms. The van der Waals surface area contributed by atoms with Crippen LogP contribution in [0.1, 0.15) is 32.3 Å². The molecule has 7 nitrogen and oxygen atoms in total. The van der Waals surface area contributed by atoms with Crippen LogP contribution in [0.2, 0.25) is 0 Å². The van der Waals surface area contributed by atoms with Gasteiger partial charge < -0.3 is 15.7 Å². The number of rotatable bonds is 6. The molecule has 2 rings (SSSR count). The lowest BCUT2D eigenvalue weighted by atomic mass is 10.1. The summed E-state index contributed by atoms with van der Waals surface area (Å²) in [5, 5.41) is 15.9. The van der Waals surface area contributed by atoms with E-state index in [4.69, 9.17) is 0 Å². The highest BCUT2D eigenvalue weighted by molar-refractivity contribution is 7.89. The maximum atomic E-state index is 11.9. The summed E-state index contributed by atoms with van der Waals surface area (Å²) in [7, 11) is -3.09. The van der Waals surface area contributed by atoms with Crippen LogP contribution >= 0.6 is 0 Å². The average Bonchev–Trinajstić information content (AvgIpc) is 2.61.